The second kappa shape index (κ2) is 4.24. The van der Waals surface area contributed by atoms with Crippen molar-refractivity contribution in [3.05, 3.63) is 0 Å². The molecule has 4 heteroatoms. The summed E-state index contributed by atoms with van der Waals surface area (Å²) < 4.78 is 2.21. The van der Waals surface area contributed by atoms with Crippen molar-refractivity contribution >= 4 is 8.37 Å². The van der Waals surface area contributed by atoms with Gasteiger partial charge in [-0.1, -0.05) is 12.8 Å². The maximum Gasteiger partial charge on any atom is 0.108 e. The lowest BCUT2D eigenvalue weighted by molar-refractivity contribution is 0.472. The van der Waals surface area contributed by atoms with Crippen LogP contribution in [0, 0.1) is 0 Å². The normalized spacial score (nSPS) is 23.1. The lowest BCUT2D eigenvalue weighted by atomic mass is 10.2. The SMILES string of the molecule is NP(N)N1CCCCCC1. The zero-order valence-corrected chi connectivity index (χ0v) is 7.19. The molecule has 1 rings (SSSR count). The molecule has 0 amide bonds. The average Bonchev–Trinajstić information content (AvgIpc) is 2.12. The minimum atomic E-state index is -0.802. The van der Waals surface area contributed by atoms with Gasteiger partial charge in [0.1, 0.15) is 8.37 Å². The topological polar surface area (TPSA) is 55.3 Å². The van der Waals surface area contributed by atoms with Crippen LogP contribution in [-0.4, -0.2) is 17.8 Å². The van der Waals surface area contributed by atoms with E-state index in [0.717, 1.165) is 13.1 Å². The van der Waals surface area contributed by atoms with Gasteiger partial charge in [-0.05, 0) is 12.8 Å². The Bertz CT molecular complexity index is 89.0. The molecule has 0 spiro atoms. The standard InChI is InChI=1S/C6H16N3P/c7-10(8)9-5-3-1-2-4-6-9/h1-8H2. The van der Waals surface area contributed by atoms with Gasteiger partial charge < -0.3 is 0 Å². The van der Waals surface area contributed by atoms with Gasteiger partial charge in [0.05, 0.1) is 0 Å². The van der Waals surface area contributed by atoms with E-state index >= 15 is 0 Å². The van der Waals surface area contributed by atoms with Crippen LogP contribution >= 0.6 is 8.37 Å². The molecule has 1 aliphatic rings. The van der Waals surface area contributed by atoms with E-state index in [1.165, 1.54) is 25.7 Å². The Balaban J connectivity index is 2.28. The van der Waals surface area contributed by atoms with Crippen LogP contribution in [0.15, 0.2) is 0 Å². The Hall–Kier alpha value is 0.310. The first-order valence-corrected chi connectivity index (χ1v) is 5.28. The summed E-state index contributed by atoms with van der Waals surface area (Å²) in [6.07, 6.45) is 5.24. The van der Waals surface area contributed by atoms with Crippen molar-refractivity contribution < 1.29 is 0 Å². The molecule has 1 saturated heterocycles. The highest BCUT2D eigenvalue weighted by Crippen LogP contribution is 2.25. The molecule has 0 aromatic carbocycles. The van der Waals surface area contributed by atoms with Crippen molar-refractivity contribution in [2.75, 3.05) is 13.1 Å². The molecule has 10 heavy (non-hydrogen) atoms. The van der Waals surface area contributed by atoms with Gasteiger partial charge in [-0.15, -0.1) is 0 Å². The third-order valence-corrected chi connectivity index (χ3v) is 2.96. The van der Waals surface area contributed by atoms with Crippen molar-refractivity contribution in [1.82, 2.24) is 4.67 Å². The second-order valence-corrected chi connectivity index (χ2v) is 4.07. The molecule has 0 aromatic rings. The van der Waals surface area contributed by atoms with Crippen LogP contribution in [0.4, 0.5) is 0 Å². The Morgan fingerprint density at radius 1 is 0.900 bits per heavy atom. The lowest BCUT2D eigenvalue weighted by Gasteiger charge is -2.22. The molecule has 1 aliphatic heterocycles. The highest BCUT2D eigenvalue weighted by molar-refractivity contribution is 7.49. The first kappa shape index (κ1) is 8.41. The van der Waals surface area contributed by atoms with E-state index in [4.69, 9.17) is 11.0 Å². The van der Waals surface area contributed by atoms with E-state index in [1.807, 2.05) is 0 Å². The highest BCUT2D eigenvalue weighted by atomic mass is 31.1. The van der Waals surface area contributed by atoms with Crippen LogP contribution in [0.5, 0.6) is 0 Å². The van der Waals surface area contributed by atoms with Gasteiger partial charge in [0.15, 0.2) is 0 Å². The molecule has 0 radical (unpaired) electrons. The average molecular weight is 161 g/mol. The van der Waals surface area contributed by atoms with Crippen molar-refractivity contribution in [1.29, 1.82) is 0 Å². The van der Waals surface area contributed by atoms with Crippen LogP contribution in [0.25, 0.3) is 0 Å². The van der Waals surface area contributed by atoms with Crippen LogP contribution < -0.4 is 11.0 Å². The van der Waals surface area contributed by atoms with Gasteiger partial charge in [0.2, 0.25) is 0 Å². The molecule has 0 bridgehead atoms. The minimum Gasteiger partial charge on any atom is -0.285 e. The van der Waals surface area contributed by atoms with E-state index in [2.05, 4.69) is 4.67 Å². The van der Waals surface area contributed by atoms with Crippen molar-refractivity contribution in [2.45, 2.75) is 25.7 Å². The second-order valence-electron chi connectivity index (χ2n) is 2.75. The third kappa shape index (κ3) is 2.51. The maximum absolute atomic E-state index is 5.61. The minimum absolute atomic E-state index is 0.802. The van der Waals surface area contributed by atoms with Crippen molar-refractivity contribution in [3.8, 4) is 0 Å². The zero-order chi connectivity index (χ0) is 7.40. The Morgan fingerprint density at radius 2 is 1.40 bits per heavy atom. The summed E-state index contributed by atoms with van der Waals surface area (Å²) in [6.45, 7) is 2.22. The predicted molar refractivity (Wildman–Crippen MR) is 45.3 cm³/mol. The third-order valence-electron chi connectivity index (χ3n) is 1.91. The first-order chi connectivity index (χ1) is 4.80. The van der Waals surface area contributed by atoms with Gasteiger partial charge in [0, 0.05) is 13.1 Å². The fraction of sp³-hybridized carbons (Fsp3) is 1.00. The van der Waals surface area contributed by atoms with Crippen LogP contribution in [0.1, 0.15) is 25.7 Å². The van der Waals surface area contributed by atoms with Crippen LogP contribution in [0.2, 0.25) is 0 Å². The molecule has 3 nitrogen and oxygen atoms in total. The largest absolute Gasteiger partial charge is 0.285 e. The molecule has 0 unspecified atom stereocenters. The van der Waals surface area contributed by atoms with Gasteiger partial charge in [-0.3, -0.25) is 15.7 Å². The number of hydrogen-bond donors (Lipinski definition) is 2. The molecular formula is C6H16N3P. The van der Waals surface area contributed by atoms with E-state index in [0.29, 0.717) is 0 Å². The summed E-state index contributed by atoms with van der Waals surface area (Å²) >= 11 is 0. The highest BCUT2D eigenvalue weighted by Gasteiger charge is 2.11. The molecule has 60 valence electrons. The van der Waals surface area contributed by atoms with E-state index in [9.17, 15) is 0 Å². The number of nitrogens with two attached hydrogens (primary N) is 2. The molecule has 1 fully saturated rings. The molecule has 0 aliphatic carbocycles. The summed E-state index contributed by atoms with van der Waals surface area (Å²) in [5.41, 5.74) is 11.2. The summed E-state index contributed by atoms with van der Waals surface area (Å²) in [5, 5.41) is 0. The summed E-state index contributed by atoms with van der Waals surface area (Å²) in [7, 11) is -0.802. The monoisotopic (exact) mass is 161 g/mol. The summed E-state index contributed by atoms with van der Waals surface area (Å²) in [4.78, 5) is 0. The van der Waals surface area contributed by atoms with Gasteiger partial charge in [0.25, 0.3) is 0 Å². The van der Waals surface area contributed by atoms with Crippen LogP contribution in [0.3, 0.4) is 0 Å². The van der Waals surface area contributed by atoms with Gasteiger partial charge >= 0.3 is 0 Å². The fourth-order valence-corrected chi connectivity index (χ4v) is 2.03. The first-order valence-electron chi connectivity index (χ1n) is 3.85. The summed E-state index contributed by atoms with van der Waals surface area (Å²) in [5.74, 6) is 0. The Kier molecular flexibility index (Phi) is 3.57. The smallest absolute Gasteiger partial charge is 0.108 e. The Labute approximate surface area is 63.7 Å². The molecule has 4 N–H and O–H groups in total. The van der Waals surface area contributed by atoms with E-state index < -0.39 is 8.37 Å². The molecule has 1 heterocycles. The fourth-order valence-electron chi connectivity index (χ4n) is 1.28. The van der Waals surface area contributed by atoms with Crippen molar-refractivity contribution in [3.63, 3.8) is 0 Å². The van der Waals surface area contributed by atoms with E-state index in [1.54, 1.807) is 0 Å². The van der Waals surface area contributed by atoms with Gasteiger partial charge in [-0.2, -0.15) is 0 Å². The molecule has 0 saturated carbocycles. The molecule has 0 atom stereocenters. The number of hydrogen-bond acceptors (Lipinski definition) is 3. The summed E-state index contributed by atoms with van der Waals surface area (Å²) in [6, 6.07) is 0. The van der Waals surface area contributed by atoms with Gasteiger partial charge in [-0.25, -0.2) is 0 Å². The maximum atomic E-state index is 5.61. The predicted octanol–water partition coefficient (Wildman–Crippen LogP) is 1.01. The van der Waals surface area contributed by atoms with Crippen LogP contribution in [-0.2, 0) is 0 Å². The van der Waals surface area contributed by atoms with Crippen molar-refractivity contribution in [2.24, 2.45) is 11.0 Å². The number of rotatable bonds is 1. The quantitative estimate of drug-likeness (QED) is 0.564. The lowest BCUT2D eigenvalue weighted by Crippen LogP contribution is -2.25. The molecular weight excluding hydrogens is 145 g/mol. The Morgan fingerprint density at radius 3 is 1.80 bits per heavy atom. The molecule has 0 aromatic heterocycles. The van der Waals surface area contributed by atoms with E-state index in [-0.39, 0.29) is 0 Å². The zero-order valence-electron chi connectivity index (χ0n) is 6.29. The number of nitrogens with zero attached hydrogens (tertiary/aromatic N) is 1.